The van der Waals surface area contributed by atoms with Crippen molar-refractivity contribution in [3.8, 4) is 17.2 Å². The fraction of sp³-hybridized carbons (Fsp3) is 0.353. The van der Waals surface area contributed by atoms with Crippen molar-refractivity contribution in [3.63, 3.8) is 0 Å². The van der Waals surface area contributed by atoms with Crippen LogP contribution in [0.2, 0.25) is 0 Å². The highest BCUT2D eigenvalue weighted by Crippen LogP contribution is 2.38. The number of ether oxygens (including phenoxy) is 3. The molecule has 1 amide bonds. The molecule has 0 aromatic heterocycles. The number of nitrogens with one attached hydrogen (secondary N) is 1. The molecule has 0 atom stereocenters. The molecule has 1 N–H and O–H groups in total. The van der Waals surface area contributed by atoms with E-state index < -0.39 is 0 Å². The third kappa shape index (κ3) is 3.81. The predicted octanol–water partition coefficient (Wildman–Crippen LogP) is 2.56. The smallest absolute Gasteiger partial charge is 0.244 e. The zero-order chi connectivity index (χ0) is 15.9. The maximum absolute atomic E-state index is 11.9. The normalized spacial score (nSPS) is 14.3. The Morgan fingerprint density at radius 2 is 1.68 bits per heavy atom. The van der Waals surface area contributed by atoms with E-state index in [1.54, 1.807) is 39.5 Å². The van der Waals surface area contributed by atoms with Gasteiger partial charge in [-0.25, -0.2) is 0 Å². The summed E-state index contributed by atoms with van der Waals surface area (Å²) >= 11 is 0. The second kappa shape index (κ2) is 7.54. The lowest BCUT2D eigenvalue weighted by molar-refractivity contribution is -0.117. The number of hydrogen-bond acceptors (Lipinski definition) is 4. The molecular weight excluding hydrogens is 282 g/mol. The van der Waals surface area contributed by atoms with Crippen LogP contribution in [0, 0.1) is 0 Å². The van der Waals surface area contributed by atoms with Gasteiger partial charge in [-0.2, -0.15) is 0 Å². The molecule has 0 unspecified atom stereocenters. The van der Waals surface area contributed by atoms with Crippen LogP contribution in [-0.2, 0) is 4.79 Å². The SMILES string of the molecule is COc1cc(/C=C/C(=O)NC2CC=CC2)cc(OC)c1OC. The Balaban J connectivity index is 2.11. The van der Waals surface area contributed by atoms with Crippen molar-refractivity contribution in [1.82, 2.24) is 5.32 Å². The fourth-order valence-corrected chi connectivity index (χ4v) is 2.35. The molecule has 5 heteroatoms. The summed E-state index contributed by atoms with van der Waals surface area (Å²) in [6.07, 6.45) is 9.18. The summed E-state index contributed by atoms with van der Waals surface area (Å²) in [6.45, 7) is 0. The first-order valence-electron chi connectivity index (χ1n) is 7.11. The van der Waals surface area contributed by atoms with Gasteiger partial charge in [-0.15, -0.1) is 0 Å². The molecule has 22 heavy (non-hydrogen) atoms. The van der Waals surface area contributed by atoms with Crippen LogP contribution in [0.5, 0.6) is 17.2 Å². The van der Waals surface area contributed by atoms with Crippen LogP contribution in [0.4, 0.5) is 0 Å². The Hall–Kier alpha value is -2.43. The number of hydrogen-bond donors (Lipinski definition) is 1. The largest absolute Gasteiger partial charge is 0.493 e. The van der Waals surface area contributed by atoms with Crippen LogP contribution in [0.1, 0.15) is 18.4 Å². The molecule has 1 aromatic carbocycles. The minimum atomic E-state index is -0.109. The molecule has 0 saturated heterocycles. The zero-order valence-electron chi connectivity index (χ0n) is 13.1. The minimum absolute atomic E-state index is 0.109. The molecular formula is C17H21NO4. The topological polar surface area (TPSA) is 56.8 Å². The fourth-order valence-electron chi connectivity index (χ4n) is 2.35. The van der Waals surface area contributed by atoms with Crippen LogP contribution >= 0.6 is 0 Å². The summed E-state index contributed by atoms with van der Waals surface area (Å²) in [5.74, 6) is 1.54. The maximum Gasteiger partial charge on any atom is 0.244 e. The van der Waals surface area contributed by atoms with Crippen LogP contribution in [0.25, 0.3) is 6.08 Å². The monoisotopic (exact) mass is 303 g/mol. The van der Waals surface area contributed by atoms with E-state index in [0.29, 0.717) is 17.2 Å². The number of methoxy groups -OCH3 is 3. The van der Waals surface area contributed by atoms with E-state index >= 15 is 0 Å². The Morgan fingerprint density at radius 1 is 1.09 bits per heavy atom. The van der Waals surface area contributed by atoms with Crippen LogP contribution in [0.3, 0.4) is 0 Å². The number of amides is 1. The molecule has 0 aliphatic heterocycles. The molecule has 5 nitrogen and oxygen atoms in total. The van der Waals surface area contributed by atoms with Gasteiger partial charge in [-0.1, -0.05) is 12.2 Å². The number of benzene rings is 1. The summed E-state index contributed by atoms with van der Waals surface area (Å²) in [7, 11) is 4.67. The van der Waals surface area contributed by atoms with E-state index in [1.807, 2.05) is 0 Å². The van der Waals surface area contributed by atoms with Crippen molar-refractivity contribution in [2.75, 3.05) is 21.3 Å². The summed E-state index contributed by atoms with van der Waals surface area (Å²) in [5.41, 5.74) is 0.800. The zero-order valence-corrected chi connectivity index (χ0v) is 13.1. The lowest BCUT2D eigenvalue weighted by atomic mass is 10.1. The van der Waals surface area contributed by atoms with Crippen molar-refractivity contribution in [3.05, 3.63) is 35.9 Å². The lowest BCUT2D eigenvalue weighted by Gasteiger charge is -2.13. The van der Waals surface area contributed by atoms with Gasteiger partial charge in [0, 0.05) is 12.1 Å². The third-order valence-corrected chi connectivity index (χ3v) is 3.47. The molecule has 0 spiro atoms. The highest BCUT2D eigenvalue weighted by Gasteiger charge is 2.13. The average Bonchev–Trinajstić information content (AvgIpc) is 3.04. The van der Waals surface area contributed by atoms with Crippen molar-refractivity contribution in [1.29, 1.82) is 0 Å². The van der Waals surface area contributed by atoms with E-state index in [9.17, 15) is 4.79 Å². The molecule has 1 aliphatic rings. The van der Waals surface area contributed by atoms with Gasteiger partial charge < -0.3 is 19.5 Å². The third-order valence-electron chi connectivity index (χ3n) is 3.47. The number of carbonyl (C=O) groups is 1. The van der Waals surface area contributed by atoms with Crippen molar-refractivity contribution in [2.45, 2.75) is 18.9 Å². The van der Waals surface area contributed by atoms with Gasteiger partial charge >= 0.3 is 0 Å². The Bertz CT molecular complexity index is 559. The molecule has 0 fully saturated rings. The number of carbonyl (C=O) groups excluding carboxylic acids is 1. The molecule has 0 radical (unpaired) electrons. The first-order chi connectivity index (χ1) is 10.7. The van der Waals surface area contributed by atoms with Gasteiger partial charge in [0.1, 0.15) is 0 Å². The Kier molecular flexibility index (Phi) is 5.47. The highest BCUT2D eigenvalue weighted by atomic mass is 16.5. The van der Waals surface area contributed by atoms with E-state index in [1.165, 1.54) is 6.08 Å². The van der Waals surface area contributed by atoms with E-state index in [4.69, 9.17) is 14.2 Å². The number of rotatable bonds is 6. The molecule has 2 rings (SSSR count). The minimum Gasteiger partial charge on any atom is -0.493 e. The van der Waals surface area contributed by atoms with Gasteiger partial charge in [0.05, 0.1) is 21.3 Å². The quantitative estimate of drug-likeness (QED) is 0.648. The summed E-state index contributed by atoms with van der Waals surface area (Å²) in [5, 5.41) is 2.95. The average molecular weight is 303 g/mol. The second-order valence-corrected chi connectivity index (χ2v) is 4.94. The van der Waals surface area contributed by atoms with Crippen LogP contribution in [-0.4, -0.2) is 33.3 Å². The Labute approximate surface area is 130 Å². The molecule has 1 aromatic rings. The first-order valence-corrected chi connectivity index (χ1v) is 7.11. The summed E-state index contributed by atoms with van der Waals surface area (Å²) in [4.78, 5) is 11.9. The standard InChI is InChI=1S/C17H21NO4/c1-20-14-10-12(11-15(21-2)17(14)22-3)8-9-16(19)18-13-6-4-5-7-13/h4-5,8-11,13H,6-7H2,1-3H3,(H,18,19)/b9-8+. The van der Waals surface area contributed by atoms with Gasteiger partial charge in [0.25, 0.3) is 0 Å². The van der Waals surface area contributed by atoms with Gasteiger partial charge in [0.15, 0.2) is 11.5 Å². The Morgan fingerprint density at radius 3 is 2.18 bits per heavy atom. The van der Waals surface area contributed by atoms with E-state index in [-0.39, 0.29) is 11.9 Å². The van der Waals surface area contributed by atoms with E-state index in [0.717, 1.165) is 18.4 Å². The molecule has 0 bridgehead atoms. The first kappa shape index (κ1) is 15.9. The summed E-state index contributed by atoms with van der Waals surface area (Å²) in [6, 6.07) is 3.79. The maximum atomic E-state index is 11.9. The van der Waals surface area contributed by atoms with Crippen LogP contribution < -0.4 is 19.5 Å². The highest BCUT2D eigenvalue weighted by molar-refractivity contribution is 5.92. The molecule has 0 heterocycles. The summed E-state index contributed by atoms with van der Waals surface area (Å²) < 4.78 is 15.8. The van der Waals surface area contributed by atoms with Crippen LogP contribution in [0.15, 0.2) is 30.4 Å². The van der Waals surface area contributed by atoms with Gasteiger partial charge in [-0.3, -0.25) is 4.79 Å². The second-order valence-electron chi connectivity index (χ2n) is 4.94. The molecule has 118 valence electrons. The van der Waals surface area contributed by atoms with E-state index in [2.05, 4.69) is 17.5 Å². The predicted molar refractivity (Wildman–Crippen MR) is 85.4 cm³/mol. The lowest BCUT2D eigenvalue weighted by Crippen LogP contribution is -2.31. The van der Waals surface area contributed by atoms with Crippen molar-refractivity contribution >= 4 is 12.0 Å². The molecule has 1 aliphatic carbocycles. The van der Waals surface area contributed by atoms with Gasteiger partial charge in [0.2, 0.25) is 11.7 Å². The van der Waals surface area contributed by atoms with Gasteiger partial charge in [-0.05, 0) is 36.6 Å². The van der Waals surface area contributed by atoms with Crippen molar-refractivity contribution in [2.24, 2.45) is 0 Å². The van der Waals surface area contributed by atoms with Crippen molar-refractivity contribution < 1.29 is 19.0 Å². The molecule has 0 saturated carbocycles.